The van der Waals surface area contributed by atoms with Gasteiger partial charge < -0.3 is 10.1 Å². The van der Waals surface area contributed by atoms with E-state index in [4.69, 9.17) is 4.74 Å². The molecule has 0 unspecified atom stereocenters. The van der Waals surface area contributed by atoms with Gasteiger partial charge in [0.15, 0.2) is 0 Å². The van der Waals surface area contributed by atoms with Crippen LogP contribution in [0.3, 0.4) is 0 Å². The normalized spacial score (nSPS) is 26.1. The van der Waals surface area contributed by atoms with Crippen molar-refractivity contribution >= 4 is 17.5 Å². The van der Waals surface area contributed by atoms with Crippen LogP contribution in [0.25, 0.3) is 0 Å². The van der Waals surface area contributed by atoms with E-state index in [2.05, 4.69) is 15.8 Å². The van der Waals surface area contributed by atoms with Crippen LogP contribution in [0.1, 0.15) is 32.6 Å². The molecule has 0 aromatic rings. The van der Waals surface area contributed by atoms with Crippen molar-refractivity contribution in [3.63, 3.8) is 0 Å². The summed E-state index contributed by atoms with van der Waals surface area (Å²) in [4.78, 5) is 22.7. The molecule has 0 radical (unpaired) electrons. The SMILES string of the molecule is C[C@@H](NC(=O)C1=NNC(=O)CC1)[C@@H]1CCCO1. The molecular formula is C11H17N3O3. The smallest absolute Gasteiger partial charge is 0.267 e. The van der Waals surface area contributed by atoms with Crippen LogP contribution in [-0.4, -0.2) is 36.3 Å². The highest BCUT2D eigenvalue weighted by molar-refractivity contribution is 6.39. The monoisotopic (exact) mass is 239 g/mol. The Morgan fingerprint density at radius 1 is 1.59 bits per heavy atom. The van der Waals surface area contributed by atoms with Crippen molar-refractivity contribution in [1.82, 2.24) is 10.7 Å². The molecule has 0 spiro atoms. The average Bonchev–Trinajstić information content (AvgIpc) is 2.83. The van der Waals surface area contributed by atoms with E-state index < -0.39 is 0 Å². The van der Waals surface area contributed by atoms with Crippen LogP contribution in [0.4, 0.5) is 0 Å². The summed E-state index contributed by atoms with van der Waals surface area (Å²) in [5, 5.41) is 6.61. The number of nitrogens with one attached hydrogen (secondary N) is 2. The molecule has 17 heavy (non-hydrogen) atoms. The van der Waals surface area contributed by atoms with E-state index in [0.29, 0.717) is 18.6 Å². The first-order chi connectivity index (χ1) is 8.16. The molecule has 0 bridgehead atoms. The second kappa shape index (κ2) is 5.27. The molecule has 1 fully saturated rings. The van der Waals surface area contributed by atoms with Crippen LogP contribution in [0.5, 0.6) is 0 Å². The molecule has 0 aromatic heterocycles. The zero-order valence-corrected chi connectivity index (χ0v) is 9.86. The van der Waals surface area contributed by atoms with Crippen molar-refractivity contribution in [3.05, 3.63) is 0 Å². The Labute approximate surface area is 99.8 Å². The lowest BCUT2D eigenvalue weighted by Gasteiger charge is -2.21. The van der Waals surface area contributed by atoms with Crippen LogP contribution >= 0.6 is 0 Å². The Balaban J connectivity index is 1.86. The third-order valence-corrected chi connectivity index (χ3v) is 3.05. The van der Waals surface area contributed by atoms with Gasteiger partial charge in [0.25, 0.3) is 5.91 Å². The highest BCUT2D eigenvalue weighted by Crippen LogP contribution is 2.15. The second-order valence-corrected chi connectivity index (χ2v) is 4.41. The first-order valence-corrected chi connectivity index (χ1v) is 5.94. The number of amides is 2. The third-order valence-electron chi connectivity index (χ3n) is 3.05. The molecule has 0 aliphatic carbocycles. The van der Waals surface area contributed by atoms with Gasteiger partial charge in [-0.15, -0.1) is 0 Å². The number of carbonyl (C=O) groups excluding carboxylic acids is 2. The van der Waals surface area contributed by atoms with Gasteiger partial charge in [-0.25, -0.2) is 5.43 Å². The predicted molar refractivity (Wildman–Crippen MR) is 61.4 cm³/mol. The Morgan fingerprint density at radius 2 is 2.41 bits per heavy atom. The van der Waals surface area contributed by atoms with Gasteiger partial charge in [-0.1, -0.05) is 0 Å². The molecule has 1 saturated heterocycles. The highest BCUT2D eigenvalue weighted by atomic mass is 16.5. The Hall–Kier alpha value is -1.43. The van der Waals surface area contributed by atoms with Gasteiger partial charge in [-0.05, 0) is 19.8 Å². The highest BCUT2D eigenvalue weighted by Gasteiger charge is 2.26. The van der Waals surface area contributed by atoms with Gasteiger partial charge >= 0.3 is 0 Å². The molecule has 6 heteroatoms. The topological polar surface area (TPSA) is 79.8 Å². The van der Waals surface area contributed by atoms with Crippen LogP contribution < -0.4 is 10.7 Å². The average molecular weight is 239 g/mol. The van der Waals surface area contributed by atoms with E-state index in [0.717, 1.165) is 19.4 Å². The zero-order chi connectivity index (χ0) is 12.3. The Bertz CT molecular complexity index is 348. The summed E-state index contributed by atoms with van der Waals surface area (Å²) in [5.41, 5.74) is 2.70. The van der Waals surface area contributed by atoms with Gasteiger partial charge in [-0.3, -0.25) is 9.59 Å². The Morgan fingerprint density at radius 3 is 3.00 bits per heavy atom. The van der Waals surface area contributed by atoms with Crippen LogP contribution in [0.15, 0.2) is 5.10 Å². The van der Waals surface area contributed by atoms with E-state index in [1.54, 1.807) is 0 Å². The van der Waals surface area contributed by atoms with E-state index in [1.807, 2.05) is 6.92 Å². The maximum absolute atomic E-state index is 11.8. The molecule has 2 atom stereocenters. The van der Waals surface area contributed by atoms with Crippen LogP contribution in [0.2, 0.25) is 0 Å². The van der Waals surface area contributed by atoms with E-state index in [9.17, 15) is 9.59 Å². The summed E-state index contributed by atoms with van der Waals surface area (Å²) in [6.45, 7) is 2.69. The number of ether oxygens (including phenoxy) is 1. The summed E-state index contributed by atoms with van der Waals surface area (Å²) in [6.07, 6.45) is 2.83. The summed E-state index contributed by atoms with van der Waals surface area (Å²) in [5.74, 6) is -0.360. The van der Waals surface area contributed by atoms with E-state index in [1.165, 1.54) is 0 Å². The van der Waals surface area contributed by atoms with Crippen molar-refractivity contribution in [2.75, 3.05) is 6.61 Å². The number of nitrogens with zero attached hydrogens (tertiary/aromatic N) is 1. The summed E-state index contributed by atoms with van der Waals surface area (Å²) in [7, 11) is 0. The van der Waals surface area contributed by atoms with E-state index >= 15 is 0 Å². The molecule has 2 amide bonds. The number of hydrazone groups is 1. The van der Waals surface area contributed by atoms with Crippen LogP contribution in [-0.2, 0) is 14.3 Å². The maximum Gasteiger partial charge on any atom is 0.267 e. The predicted octanol–water partition coefficient (Wildman–Crippen LogP) is -0.0639. The minimum absolute atomic E-state index is 0.0228. The van der Waals surface area contributed by atoms with Gasteiger partial charge in [0.05, 0.1) is 12.1 Å². The number of hydrogen-bond acceptors (Lipinski definition) is 4. The van der Waals surface area contributed by atoms with Gasteiger partial charge in [0.2, 0.25) is 5.91 Å². The fourth-order valence-electron chi connectivity index (χ4n) is 2.02. The lowest BCUT2D eigenvalue weighted by Crippen LogP contribution is -2.45. The molecule has 2 aliphatic heterocycles. The Kier molecular flexibility index (Phi) is 3.73. The maximum atomic E-state index is 11.8. The molecule has 2 rings (SSSR count). The molecule has 2 aliphatic rings. The number of rotatable bonds is 3. The zero-order valence-electron chi connectivity index (χ0n) is 9.86. The first kappa shape index (κ1) is 12.0. The molecule has 0 saturated carbocycles. The van der Waals surface area contributed by atoms with Crippen molar-refractivity contribution < 1.29 is 14.3 Å². The molecule has 2 N–H and O–H groups in total. The van der Waals surface area contributed by atoms with Crippen molar-refractivity contribution in [2.45, 2.75) is 44.8 Å². The molecule has 6 nitrogen and oxygen atoms in total. The quantitative estimate of drug-likeness (QED) is 0.724. The lowest BCUT2D eigenvalue weighted by molar-refractivity contribution is -0.121. The van der Waals surface area contributed by atoms with Gasteiger partial charge in [0, 0.05) is 19.4 Å². The molecule has 0 aromatic carbocycles. The fourth-order valence-corrected chi connectivity index (χ4v) is 2.02. The summed E-state index contributed by atoms with van der Waals surface area (Å²) in [6, 6.07) is -0.0228. The summed E-state index contributed by atoms with van der Waals surface area (Å²) >= 11 is 0. The standard InChI is InChI=1S/C11H17N3O3/c1-7(9-3-2-6-17-9)12-11(16)8-4-5-10(15)14-13-8/h7,9H,2-6H2,1H3,(H,12,16)(H,14,15)/t7-,9+/m1/s1. The molecule has 94 valence electrons. The fraction of sp³-hybridized carbons (Fsp3) is 0.727. The van der Waals surface area contributed by atoms with Crippen molar-refractivity contribution in [2.24, 2.45) is 5.10 Å². The molecular weight excluding hydrogens is 222 g/mol. The van der Waals surface area contributed by atoms with E-state index in [-0.39, 0.29) is 24.0 Å². The van der Waals surface area contributed by atoms with Gasteiger partial charge in [-0.2, -0.15) is 5.10 Å². The van der Waals surface area contributed by atoms with Crippen molar-refractivity contribution in [1.29, 1.82) is 0 Å². The minimum atomic E-state index is -0.215. The minimum Gasteiger partial charge on any atom is -0.376 e. The van der Waals surface area contributed by atoms with Crippen molar-refractivity contribution in [3.8, 4) is 0 Å². The molecule has 2 heterocycles. The second-order valence-electron chi connectivity index (χ2n) is 4.41. The first-order valence-electron chi connectivity index (χ1n) is 5.94. The lowest BCUT2D eigenvalue weighted by atomic mass is 10.1. The summed E-state index contributed by atoms with van der Waals surface area (Å²) < 4.78 is 5.50. The van der Waals surface area contributed by atoms with Crippen LogP contribution in [0, 0.1) is 0 Å². The van der Waals surface area contributed by atoms with Gasteiger partial charge in [0.1, 0.15) is 5.71 Å². The number of hydrogen-bond donors (Lipinski definition) is 2. The third kappa shape index (κ3) is 3.03. The largest absolute Gasteiger partial charge is 0.376 e. The number of carbonyl (C=O) groups is 2.